The van der Waals surface area contributed by atoms with E-state index in [1.54, 1.807) is 0 Å². The highest BCUT2D eigenvalue weighted by Crippen LogP contribution is 2.27. The zero-order valence-electron chi connectivity index (χ0n) is 17.0. The van der Waals surface area contributed by atoms with Crippen molar-refractivity contribution in [3.63, 3.8) is 0 Å². The number of hydrogen-bond acceptors (Lipinski definition) is 6. The molecule has 7 heteroatoms. The van der Waals surface area contributed by atoms with Gasteiger partial charge in [0.25, 0.3) is 0 Å². The van der Waals surface area contributed by atoms with Gasteiger partial charge >= 0.3 is 0 Å². The van der Waals surface area contributed by atoms with Gasteiger partial charge in [-0.1, -0.05) is 41.9 Å². The van der Waals surface area contributed by atoms with Crippen molar-refractivity contribution in [3.05, 3.63) is 65.2 Å². The van der Waals surface area contributed by atoms with E-state index in [1.807, 2.05) is 30.3 Å². The highest BCUT2D eigenvalue weighted by Gasteiger charge is 2.46. The summed E-state index contributed by atoms with van der Waals surface area (Å²) in [4.78, 5) is 4.68. The van der Waals surface area contributed by atoms with Crippen molar-refractivity contribution >= 4 is 17.3 Å². The molecule has 2 aliphatic heterocycles. The molecule has 0 unspecified atom stereocenters. The zero-order chi connectivity index (χ0) is 20.9. The first-order valence-electron chi connectivity index (χ1n) is 10.6. The number of ether oxygens (including phenoxy) is 1. The molecule has 2 aliphatic rings. The molecule has 0 saturated carbocycles. The van der Waals surface area contributed by atoms with E-state index in [0.29, 0.717) is 13.1 Å². The van der Waals surface area contributed by atoms with Gasteiger partial charge in [0.2, 0.25) is 0 Å². The van der Waals surface area contributed by atoms with E-state index >= 15 is 0 Å². The van der Waals surface area contributed by atoms with Gasteiger partial charge in [-0.25, -0.2) is 0 Å². The molecule has 2 fully saturated rings. The number of rotatable bonds is 7. The molecule has 4 rings (SSSR count). The molecule has 0 aliphatic carbocycles. The van der Waals surface area contributed by atoms with Gasteiger partial charge in [0.1, 0.15) is 12.2 Å². The number of anilines is 1. The van der Waals surface area contributed by atoms with Crippen LogP contribution < -0.4 is 10.2 Å². The molecule has 0 radical (unpaired) electrons. The number of aliphatic hydroxyl groups is 2. The summed E-state index contributed by atoms with van der Waals surface area (Å²) in [6.45, 7) is 4.61. The second kappa shape index (κ2) is 10.1. The fourth-order valence-electron chi connectivity index (χ4n) is 4.52. The Balaban J connectivity index is 1.36. The standard InChI is InChI=1S/C23H30ClN3O3/c24-18-6-4-5-17(13-18)14-25-15-20-22(23(29)21(16-28)30-20)27-11-9-26(10-12-27)19-7-2-1-3-8-19/h1-8,13,20-23,25,28-29H,9-12,14-16H2/t20-,21+,22+,23-/m1/s1. The first-order chi connectivity index (χ1) is 14.7. The van der Waals surface area contributed by atoms with Gasteiger partial charge in [-0.2, -0.15) is 0 Å². The molecule has 4 atom stereocenters. The number of aliphatic hydroxyl groups excluding tert-OH is 2. The molecular weight excluding hydrogens is 402 g/mol. The van der Waals surface area contributed by atoms with Gasteiger partial charge in [0.05, 0.1) is 18.8 Å². The maximum Gasteiger partial charge on any atom is 0.109 e. The van der Waals surface area contributed by atoms with Crippen LogP contribution in [0.1, 0.15) is 5.56 Å². The highest BCUT2D eigenvalue weighted by atomic mass is 35.5. The molecule has 2 heterocycles. The summed E-state index contributed by atoms with van der Waals surface area (Å²) in [7, 11) is 0. The molecule has 162 valence electrons. The Labute approximate surface area is 183 Å². The smallest absolute Gasteiger partial charge is 0.109 e. The third kappa shape index (κ3) is 4.97. The third-order valence-corrected chi connectivity index (χ3v) is 6.30. The van der Waals surface area contributed by atoms with E-state index in [-0.39, 0.29) is 18.8 Å². The molecule has 2 aromatic carbocycles. The Hall–Kier alpha value is -1.67. The van der Waals surface area contributed by atoms with Crippen LogP contribution in [-0.4, -0.2) is 78.8 Å². The number of benzene rings is 2. The van der Waals surface area contributed by atoms with Crippen molar-refractivity contribution in [1.82, 2.24) is 10.2 Å². The SMILES string of the molecule is OC[C@@H]1O[C@H](CNCc2cccc(Cl)c2)[C@H](N2CCN(c3ccccc3)CC2)[C@@H]1O. The lowest BCUT2D eigenvalue weighted by molar-refractivity contribution is -0.0213. The van der Waals surface area contributed by atoms with E-state index in [1.165, 1.54) is 5.69 Å². The van der Waals surface area contributed by atoms with Gasteiger partial charge < -0.3 is 25.2 Å². The summed E-state index contributed by atoms with van der Waals surface area (Å²) in [5, 5.41) is 24.6. The number of halogens is 1. The molecule has 3 N–H and O–H groups in total. The molecule has 0 amide bonds. The predicted molar refractivity (Wildman–Crippen MR) is 119 cm³/mol. The van der Waals surface area contributed by atoms with Gasteiger partial charge in [-0.3, -0.25) is 4.90 Å². The Bertz CT molecular complexity index is 801. The Morgan fingerprint density at radius 1 is 1.00 bits per heavy atom. The maximum atomic E-state index is 10.8. The van der Waals surface area contributed by atoms with Crippen LogP contribution in [0.4, 0.5) is 5.69 Å². The molecule has 30 heavy (non-hydrogen) atoms. The lowest BCUT2D eigenvalue weighted by atomic mass is 10.0. The molecule has 0 spiro atoms. The van der Waals surface area contributed by atoms with Gasteiger partial charge in [-0.05, 0) is 29.8 Å². The zero-order valence-corrected chi connectivity index (χ0v) is 17.8. The van der Waals surface area contributed by atoms with Crippen LogP contribution in [0, 0.1) is 0 Å². The second-order valence-corrected chi connectivity index (χ2v) is 8.43. The number of nitrogens with one attached hydrogen (secondary N) is 1. The van der Waals surface area contributed by atoms with Gasteiger partial charge in [0.15, 0.2) is 0 Å². The van der Waals surface area contributed by atoms with Crippen LogP contribution in [0.5, 0.6) is 0 Å². The Morgan fingerprint density at radius 2 is 1.77 bits per heavy atom. The van der Waals surface area contributed by atoms with Crippen molar-refractivity contribution in [2.75, 3.05) is 44.2 Å². The van der Waals surface area contributed by atoms with E-state index < -0.39 is 12.2 Å². The monoisotopic (exact) mass is 431 g/mol. The fourth-order valence-corrected chi connectivity index (χ4v) is 4.73. The summed E-state index contributed by atoms with van der Waals surface area (Å²) >= 11 is 6.06. The van der Waals surface area contributed by atoms with Crippen molar-refractivity contribution < 1.29 is 14.9 Å². The van der Waals surface area contributed by atoms with E-state index in [0.717, 1.165) is 36.8 Å². The number of para-hydroxylation sites is 1. The average Bonchev–Trinajstić information content (AvgIpc) is 3.10. The minimum atomic E-state index is -0.698. The van der Waals surface area contributed by atoms with Crippen LogP contribution in [-0.2, 0) is 11.3 Å². The fraction of sp³-hybridized carbons (Fsp3) is 0.478. The molecule has 0 bridgehead atoms. The van der Waals surface area contributed by atoms with Gasteiger partial charge in [0, 0.05) is 50.0 Å². The topological polar surface area (TPSA) is 68.2 Å². The summed E-state index contributed by atoms with van der Waals surface area (Å²) in [5.41, 5.74) is 2.33. The minimum Gasteiger partial charge on any atom is -0.394 e. The van der Waals surface area contributed by atoms with Crippen LogP contribution in [0.25, 0.3) is 0 Å². The highest BCUT2D eigenvalue weighted by molar-refractivity contribution is 6.30. The van der Waals surface area contributed by atoms with Gasteiger partial charge in [-0.15, -0.1) is 0 Å². The van der Waals surface area contributed by atoms with Crippen molar-refractivity contribution in [2.24, 2.45) is 0 Å². The van der Waals surface area contributed by atoms with E-state index in [9.17, 15) is 10.2 Å². The molecule has 2 saturated heterocycles. The summed E-state index contributed by atoms with van der Waals surface area (Å²) in [6.07, 6.45) is -1.42. The number of nitrogens with zero attached hydrogens (tertiary/aromatic N) is 2. The van der Waals surface area contributed by atoms with Crippen molar-refractivity contribution in [3.8, 4) is 0 Å². The number of hydrogen-bond donors (Lipinski definition) is 3. The lowest BCUT2D eigenvalue weighted by Gasteiger charge is -2.41. The summed E-state index contributed by atoms with van der Waals surface area (Å²) in [6, 6.07) is 18.0. The predicted octanol–water partition coefficient (Wildman–Crippen LogP) is 1.74. The molecule has 2 aromatic rings. The molecular formula is C23H30ClN3O3. The minimum absolute atomic E-state index is 0.132. The van der Waals surface area contributed by atoms with Crippen LogP contribution in [0.15, 0.2) is 54.6 Å². The van der Waals surface area contributed by atoms with Crippen LogP contribution in [0.3, 0.4) is 0 Å². The van der Waals surface area contributed by atoms with Crippen LogP contribution in [0.2, 0.25) is 5.02 Å². The number of piperazine rings is 1. The molecule has 6 nitrogen and oxygen atoms in total. The van der Waals surface area contributed by atoms with E-state index in [4.69, 9.17) is 16.3 Å². The maximum absolute atomic E-state index is 10.8. The Morgan fingerprint density at radius 3 is 2.47 bits per heavy atom. The normalized spacial score (nSPS) is 27.5. The first-order valence-corrected chi connectivity index (χ1v) is 11.0. The Kier molecular flexibility index (Phi) is 7.25. The summed E-state index contributed by atoms with van der Waals surface area (Å²) < 4.78 is 6.02. The largest absolute Gasteiger partial charge is 0.394 e. The first kappa shape index (κ1) is 21.6. The molecule has 0 aromatic heterocycles. The van der Waals surface area contributed by atoms with E-state index in [2.05, 4.69) is 39.4 Å². The third-order valence-electron chi connectivity index (χ3n) is 6.06. The summed E-state index contributed by atoms with van der Waals surface area (Å²) in [5.74, 6) is 0. The average molecular weight is 432 g/mol. The second-order valence-electron chi connectivity index (χ2n) is 8.00. The van der Waals surface area contributed by atoms with Crippen molar-refractivity contribution in [2.45, 2.75) is 30.9 Å². The lowest BCUT2D eigenvalue weighted by Crippen LogP contribution is -2.57. The van der Waals surface area contributed by atoms with Crippen LogP contribution >= 0.6 is 11.6 Å². The quantitative estimate of drug-likeness (QED) is 0.620. The van der Waals surface area contributed by atoms with Crippen molar-refractivity contribution in [1.29, 1.82) is 0 Å².